The molecule has 1 N–H and O–H groups in total. The summed E-state index contributed by atoms with van der Waals surface area (Å²) in [4.78, 5) is 16.3. The van der Waals surface area contributed by atoms with Crippen molar-refractivity contribution >= 4 is 5.91 Å². The number of likely N-dealkylation sites (tertiary alicyclic amines) is 1. The van der Waals surface area contributed by atoms with Crippen molar-refractivity contribution in [2.45, 2.75) is 44.8 Å². The summed E-state index contributed by atoms with van der Waals surface area (Å²) < 4.78 is 0. The zero-order valence-corrected chi connectivity index (χ0v) is 12.3. The van der Waals surface area contributed by atoms with Crippen LogP contribution in [-0.4, -0.2) is 60.1 Å². The lowest BCUT2D eigenvalue weighted by Gasteiger charge is -2.41. The smallest absolute Gasteiger partial charge is 0.246 e. The van der Waals surface area contributed by atoms with E-state index in [9.17, 15) is 9.90 Å². The number of nitrogens with zero attached hydrogens (tertiary/aromatic N) is 2. The molecule has 0 bridgehead atoms. The Labute approximate surface area is 116 Å². The molecule has 0 aromatic rings. The Balaban J connectivity index is 1.99. The maximum Gasteiger partial charge on any atom is 0.246 e. The molecular formula is C15H26N2O2. The Hall–Kier alpha value is -0.870. The molecule has 4 heteroatoms. The topological polar surface area (TPSA) is 43.8 Å². The predicted molar refractivity (Wildman–Crippen MR) is 75.8 cm³/mol. The monoisotopic (exact) mass is 266 g/mol. The molecular weight excluding hydrogens is 240 g/mol. The first kappa shape index (κ1) is 14.5. The van der Waals surface area contributed by atoms with E-state index in [1.54, 1.807) is 6.08 Å². The fraction of sp³-hybridized carbons (Fsp3) is 0.800. The van der Waals surface area contributed by atoms with Gasteiger partial charge in [0.1, 0.15) is 0 Å². The van der Waals surface area contributed by atoms with Gasteiger partial charge in [-0.05, 0) is 45.2 Å². The van der Waals surface area contributed by atoms with Crippen LogP contribution < -0.4 is 0 Å². The molecule has 0 aromatic carbocycles. The number of aliphatic hydroxyl groups is 1. The standard InChI is InChI=1S/C15H26N2O2/c1-15-8-10-17(13(15)7-6-12(18)11-15)14(19)5-4-9-16(2)3/h4-5,12-13,18H,6-11H2,1-3H3/b5-4+/t12-,13-,15+/m1/s1. The molecule has 0 spiro atoms. The molecule has 2 aliphatic rings. The molecule has 1 saturated carbocycles. The predicted octanol–water partition coefficient (Wildman–Crippen LogP) is 1.26. The van der Waals surface area contributed by atoms with E-state index in [0.717, 1.165) is 38.8 Å². The first-order valence-corrected chi connectivity index (χ1v) is 7.22. The lowest BCUT2D eigenvalue weighted by molar-refractivity contribution is -0.129. The molecule has 19 heavy (non-hydrogen) atoms. The molecule has 2 fully saturated rings. The van der Waals surface area contributed by atoms with Crippen LogP contribution in [0.4, 0.5) is 0 Å². The van der Waals surface area contributed by atoms with Crippen molar-refractivity contribution in [3.05, 3.63) is 12.2 Å². The number of hydrogen-bond acceptors (Lipinski definition) is 3. The van der Waals surface area contributed by atoms with Gasteiger partial charge in [0.05, 0.1) is 6.10 Å². The van der Waals surface area contributed by atoms with E-state index in [1.165, 1.54) is 0 Å². The molecule has 4 nitrogen and oxygen atoms in total. The third-order valence-electron chi connectivity index (χ3n) is 4.59. The van der Waals surface area contributed by atoms with Gasteiger partial charge in [0, 0.05) is 25.2 Å². The fourth-order valence-electron chi connectivity index (χ4n) is 3.53. The van der Waals surface area contributed by atoms with Gasteiger partial charge in [-0.3, -0.25) is 4.79 Å². The van der Waals surface area contributed by atoms with Crippen LogP contribution in [0.5, 0.6) is 0 Å². The summed E-state index contributed by atoms with van der Waals surface area (Å²) >= 11 is 0. The van der Waals surface area contributed by atoms with Crippen molar-refractivity contribution < 1.29 is 9.90 Å². The highest BCUT2D eigenvalue weighted by Crippen LogP contribution is 2.46. The lowest BCUT2D eigenvalue weighted by atomic mass is 9.71. The zero-order valence-electron chi connectivity index (χ0n) is 12.3. The maximum absolute atomic E-state index is 12.3. The van der Waals surface area contributed by atoms with Crippen molar-refractivity contribution in [3.63, 3.8) is 0 Å². The number of amides is 1. The van der Waals surface area contributed by atoms with E-state index in [2.05, 4.69) is 6.92 Å². The first-order chi connectivity index (χ1) is 8.92. The van der Waals surface area contributed by atoms with Crippen LogP contribution in [-0.2, 0) is 4.79 Å². The van der Waals surface area contributed by atoms with Gasteiger partial charge in [-0.2, -0.15) is 0 Å². The van der Waals surface area contributed by atoms with Gasteiger partial charge in [-0.1, -0.05) is 13.0 Å². The van der Waals surface area contributed by atoms with Gasteiger partial charge >= 0.3 is 0 Å². The maximum atomic E-state index is 12.3. The second-order valence-electron chi connectivity index (χ2n) is 6.55. The van der Waals surface area contributed by atoms with Crippen LogP contribution in [0.25, 0.3) is 0 Å². The van der Waals surface area contributed by atoms with Gasteiger partial charge in [0.25, 0.3) is 0 Å². The normalized spacial score (nSPS) is 35.1. The van der Waals surface area contributed by atoms with Gasteiger partial charge < -0.3 is 14.9 Å². The van der Waals surface area contributed by atoms with E-state index in [-0.39, 0.29) is 17.4 Å². The number of rotatable bonds is 3. The minimum Gasteiger partial charge on any atom is -0.393 e. The lowest BCUT2D eigenvalue weighted by Crippen LogP contribution is -2.45. The van der Waals surface area contributed by atoms with Gasteiger partial charge in [-0.25, -0.2) is 0 Å². The van der Waals surface area contributed by atoms with Crippen LogP contribution in [0.2, 0.25) is 0 Å². The Bertz CT molecular complexity index is 367. The van der Waals surface area contributed by atoms with Gasteiger partial charge in [0.2, 0.25) is 5.91 Å². The van der Waals surface area contributed by atoms with Crippen LogP contribution in [0.1, 0.15) is 32.6 Å². The van der Waals surface area contributed by atoms with Gasteiger partial charge in [-0.15, -0.1) is 0 Å². The van der Waals surface area contributed by atoms with Crippen LogP contribution >= 0.6 is 0 Å². The molecule has 108 valence electrons. The second kappa shape index (κ2) is 5.63. The zero-order chi connectivity index (χ0) is 14.0. The molecule has 1 saturated heterocycles. The van der Waals surface area contributed by atoms with Crippen molar-refractivity contribution in [1.29, 1.82) is 0 Å². The largest absolute Gasteiger partial charge is 0.393 e. The highest BCUT2D eigenvalue weighted by Gasteiger charge is 2.48. The van der Waals surface area contributed by atoms with Crippen molar-refractivity contribution in [1.82, 2.24) is 9.80 Å². The molecule has 0 radical (unpaired) electrons. The molecule has 0 aromatic heterocycles. The molecule has 1 aliphatic carbocycles. The number of carbonyl (C=O) groups is 1. The summed E-state index contributed by atoms with van der Waals surface area (Å²) in [6.07, 6.45) is 7.06. The Morgan fingerprint density at radius 3 is 2.89 bits per heavy atom. The van der Waals surface area contributed by atoms with Crippen molar-refractivity contribution in [2.75, 3.05) is 27.2 Å². The molecule has 1 heterocycles. The van der Waals surface area contributed by atoms with E-state index < -0.39 is 0 Å². The summed E-state index contributed by atoms with van der Waals surface area (Å²) in [5.41, 5.74) is 0.114. The van der Waals surface area contributed by atoms with Crippen LogP contribution in [0, 0.1) is 5.41 Å². The quantitative estimate of drug-likeness (QED) is 0.782. The third kappa shape index (κ3) is 3.18. The molecule has 2 rings (SSSR count). The fourth-order valence-corrected chi connectivity index (χ4v) is 3.53. The Morgan fingerprint density at radius 1 is 1.47 bits per heavy atom. The number of aliphatic hydroxyl groups excluding tert-OH is 1. The van der Waals surface area contributed by atoms with Gasteiger partial charge in [0.15, 0.2) is 0 Å². The molecule has 1 aliphatic heterocycles. The van der Waals surface area contributed by atoms with Crippen molar-refractivity contribution in [3.8, 4) is 0 Å². The second-order valence-corrected chi connectivity index (χ2v) is 6.55. The highest BCUT2D eigenvalue weighted by molar-refractivity contribution is 5.88. The third-order valence-corrected chi connectivity index (χ3v) is 4.59. The van der Waals surface area contributed by atoms with E-state index in [1.807, 2.05) is 30.0 Å². The minimum atomic E-state index is -0.180. The van der Waals surface area contributed by atoms with E-state index in [4.69, 9.17) is 0 Å². The first-order valence-electron chi connectivity index (χ1n) is 7.22. The summed E-state index contributed by atoms with van der Waals surface area (Å²) in [5, 5.41) is 9.83. The number of carbonyl (C=O) groups excluding carboxylic acids is 1. The minimum absolute atomic E-state index is 0.114. The van der Waals surface area contributed by atoms with Crippen LogP contribution in [0.15, 0.2) is 12.2 Å². The van der Waals surface area contributed by atoms with E-state index >= 15 is 0 Å². The van der Waals surface area contributed by atoms with Crippen LogP contribution in [0.3, 0.4) is 0 Å². The summed E-state index contributed by atoms with van der Waals surface area (Å²) in [7, 11) is 3.98. The highest BCUT2D eigenvalue weighted by atomic mass is 16.3. The van der Waals surface area contributed by atoms with Crippen molar-refractivity contribution in [2.24, 2.45) is 5.41 Å². The molecule has 1 amide bonds. The average Bonchev–Trinajstić information content (AvgIpc) is 2.64. The summed E-state index contributed by atoms with van der Waals surface area (Å²) in [5.74, 6) is 0.131. The molecule has 0 unspecified atom stereocenters. The SMILES string of the molecule is CN(C)C/C=C/C(=O)N1CC[C@@]2(C)C[C@H](O)CC[C@@H]12. The molecule has 3 atom stereocenters. The Morgan fingerprint density at radius 2 is 2.21 bits per heavy atom. The summed E-state index contributed by atoms with van der Waals surface area (Å²) in [6.45, 7) is 3.84. The summed E-state index contributed by atoms with van der Waals surface area (Å²) in [6, 6.07) is 0.312. The average molecular weight is 266 g/mol. The number of likely N-dealkylation sites (N-methyl/N-ethyl adjacent to an activating group) is 1. The van der Waals surface area contributed by atoms with E-state index in [0.29, 0.717) is 6.04 Å². The number of hydrogen-bond donors (Lipinski definition) is 1. The number of fused-ring (bicyclic) bond motifs is 1. The Kier molecular flexibility index (Phi) is 4.31.